The van der Waals surface area contributed by atoms with Gasteiger partial charge in [-0.1, -0.05) is 6.92 Å². The summed E-state index contributed by atoms with van der Waals surface area (Å²) in [5.41, 5.74) is 2.17. The van der Waals surface area contributed by atoms with Crippen molar-refractivity contribution in [3.63, 3.8) is 0 Å². The van der Waals surface area contributed by atoms with Gasteiger partial charge in [-0.2, -0.15) is 0 Å². The molecule has 2 N–H and O–H groups in total. The number of aromatic nitrogens is 4. The summed E-state index contributed by atoms with van der Waals surface area (Å²) in [4.78, 5) is 16.2. The van der Waals surface area contributed by atoms with E-state index in [4.69, 9.17) is 0 Å². The van der Waals surface area contributed by atoms with Crippen LogP contribution < -0.4 is 5.32 Å². The van der Waals surface area contributed by atoms with E-state index in [0.29, 0.717) is 11.6 Å². The predicted molar refractivity (Wildman–Crippen MR) is 67.9 cm³/mol. The molecule has 0 aliphatic rings. The molecule has 0 saturated heterocycles. The molecule has 0 aromatic carbocycles. The van der Waals surface area contributed by atoms with E-state index in [1.54, 1.807) is 12.4 Å². The Morgan fingerprint density at radius 2 is 2.12 bits per heavy atom. The van der Waals surface area contributed by atoms with Crippen molar-refractivity contribution in [2.45, 2.75) is 27.2 Å². The molecule has 0 bridgehead atoms. The van der Waals surface area contributed by atoms with Gasteiger partial charge in [0.25, 0.3) is 0 Å². The van der Waals surface area contributed by atoms with Gasteiger partial charge >= 0.3 is 0 Å². The fraction of sp³-hybridized carbons (Fsp3) is 0.417. The Morgan fingerprint density at radius 3 is 2.71 bits per heavy atom. The summed E-state index contributed by atoms with van der Waals surface area (Å²) in [6.07, 6.45) is 4.40. The van der Waals surface area contributed by atoms with Crippen LogP contribution in [0.1, 0.15) is 25.1 Å². The van der Waals surface area contributed by atoms with E-state index in [0.717, 1.165) is 24.5 Å². The SMILES string of the molecule is CCNc1nc(-c2ncc[nH]2)nc(C)c1CC. The van der Waals surface area contributed by atoms with Gasteiger partial charge in [0.1, 0.15) is 5.82 Å². The zero-order valence-electron chi connectivity index (χ0n) is 10.4. The molecule has 2 rings (SSSR count). The van der Waals surface area contributed by atoms with Crippen molar-refractivity contribution in [3.05, 3.63) is 23.7 Å². The molecule has 0 amide bonds. The zero-order valence-corrected chi connectivity index (χ0v) is 10.4. The second kappa shape index (κ2) is 4.95. The van der Waals surface area contributed by atoms with Crippen molar-refractivity contribution in [1.82, 2.24) is 19.9 Å². The van der Waals surface area contributed by atoms with Gasteiger partial charge in [-0.15, -0.1) is 0 Å². The summed E-state index contributed by atoms with van der Waals surface area (Å²) >= 11 is 0. The van der Waals surface area contributed by atoms with Crippen LogP contribution >= 0.6 is 0 Å². The summed E-state index contributed by atoms with van der Waals surface area (Å²) in [5.74, 6) is 2.25. The number of aromatic amines is 1. The van der Waals surface area contributed by atoms with E-state index < -0.39 is 0 Å². The summed E-state index contributed by atoms with van der Waals surface area (Å²) < 4.78 is 0. The number of rotatable bonds is 4. The van der Waals surface area contributed by atoms with Gasteiger partial charge in [-0.25, -0.2) is 15.0 Å². The fourth-order valence-electron chi connectivity index (χ4n) is 1.83. The third-order valence-corrected chi connectivity index (χ3v) is 2.62. The topological polar surface area (TPSA) is 66.5 Å². The average molecular weight is 231 g/mol. The molecule has 5 heteroatoms. The molecule has 0 atom stereocenters. The molecular weight excluding hydrogens is 214 g/mol. The third-order valence-electron chi connectivity index (χ3n) is 2.62. The normalized spacial score (nSPS) is 10.5. The number of aryl methyl sites for hydroxylation is 1. The first kappa shape index (κ1) is 11.6. The van der Waals surface area contributed by atoms with Gasteiger partial charge in [0, 0.05) is 30.2 Å². The maximum absolute atomic E-state index is 4.52. The summed E-state index contributed by atoms with van der Waals surface area (Å²) in [6.45, 7) is 7.03. The van der Waals surface area contributed by atoms with Gasteiger partial charge < -0.3 is 10.3 Å². The molecule has 0 unspecified atom stereocenters. The number of anilines is 1. The molecule has 0 radical (unpaired) electrons. The highest BCUT2D eigenvalue weighted by Gasteiger charge is 2.11. The van der Waals surface area contributed by atoms with E-state index >= 15 is 0 Å². The molecule has 90 valence electrons. The number of hydrogen-bond donors (Lipinski definition) is 2. The summed E-state index contributed by atoms with van der Waals surface area (Å²) in [5, 5.41) is 3.28. The van der Waals surface area contributed by atoms with Crippen molar-refractivity contribution < 1.29 is 0 Å². The smallest absolute Gasteiger partial charge is 0.197 e. The lowest BCUT2D eigenvalue weighted by atomic mass is 10.1. The lowest BCUT2D eigenvalue weighted by Crippen LogP contribution is -2.08. The third kappa shape index (κ3) is 2.27. The molecule has 0 aliphatic heterocycles. The molecule has 2 heterocycles. The van der Waals surface area contributed by atoms with Crippen LogP contribution in [0.5, 0.6) is 0 Å². The molecule has 0 saturated carbocycles. The van der Waals surface area contributed by atoms with Crippen LogP contribution in [-0.2, 0) is 6.42 Å². The number of hydrogen-bond acceptors (Lipinski definition) is 4. The molecule has 17 heavy (non-hydrogen) atoms. The first-order valence-corrected chi connectivity index (χ1v) is 5.87. The number of nitrogens with zero attached hydrogens (tertiary/aromatic N) is 3. The van der Waals surface area contributed by atoms with Gasteiger partial charge in [0.05, 0.1) is 0 Å². The monoisotopic (exact) mass is 231 g/mol. The predicted octanol–water partition coefficient (Wildman–Crippen LogP) is 2.17. The van der Waals surface area contributed by atoms with Crippen LogP contribution in [0.3, 0.4) is 0 Å². The highest BCUT2D eigenvalue weighted by molar-refractivity contribution is 5.54. The van der Waals surface area contributed by atoms with E-state index in [1.165, 1.54) is 5.56 Å². The van der Waals surface area contributed by atoms with Gasteiger partial charge in [-0.05, 0) is 20.3 Å². The Labute approximate surface area is 101 Å². The first-order chi connectivity index (χ1) is 8.26. The number of imidazole rings is 1. The van der Waals surface area contributed by atoms with Crippen LogP contribution in [-0.4, -0.2) is 26.5 Å². The van der Waals surface area contributed by atoms with Crippen LogP contribution in [0.15, 0.2) is 12.4 Å². The molecule has 0 fully saturated rings. The lowest BCUT2D eigenvalue weighted by molar-refractivity contribution is 0.979. The summed E-state index contributed by atoms with van der Waals surface area (Å²) in [7, 11) is 0. The van der Waals surface area contributed by atoms with Crippen molar-refractivity contribution in [3.8, 4) is 11.6 Å². The Bertz CT molecular complexity index is 490. The maximum atomic E-state index is 4.52. The van der Waals surface area contributed by atoms with Crippen LogP contribution in [0, 0.1) is 6.92 Å². The van der Waals surface area contributed by atoms with E-state index in [-0.39, 0.29) is 0 Å². The van der Waals surface area contributed by atoms with Crippen molar-refractivity contribution in [2.24, 2.45) is 0 Å². The van der Waals surface area contributed by atoms with Crippen LogP contribution in [0.25, 0.3) is 11.6 Å². The fourth-order valence-corrected chi connectivity index (χ4v) is 1.83. The minimum atomic E-state index is 0.639. The minimum absolute atomic E-state index is 0.639. The van der Waals surface area contributed by atoms with Crippen molar-refractivity contribution >= 4 is 5.82 Å². The molecule has 0 spiro atoms. The molecule has 2 aromatic heterocycles. The second-order valence-electron chi connectivity index (χ2n) is 3.78. The van der Waals surface area contributed by atoms with Crippen molar-refractivity contribution in [1.29, 1.82) is 0 Å². The Hall–Kier alpha value is -1.91. The van der Waals surface area contributed by atoms with E-state index in [2.05, 4.69) is 39.1 Å². The Balaban J connectivity index is 2.50. The van der Waals surface area contributed by atoms with Crippen molar-refractivity contribution in [2.75, 3.05) is 11.9 Å². The highest BCUT2D eigenvalue weighted by atomic mass is 15.1. The minimum Gasteiger partial charge on any atom is -0.370 e. The van der Waals surface area contributed by atoms with Gasteiger partial charge in [-0.3, -0.25) is 0 Å². The average Bonchev–Trinajstić information content (AvgIpc) is 2.82. The van der Waals surface area contributed by atoms with E-state index in [1.807, 2.05) is 6.92 Å². The molecule has 2 aromatic rings. The Morgan fingerprint density at radius 1 is 1.29 bits per heavy atom. The standard InChI is InChI=1S/C12H17N5/c1-4-9-8(3)16-12(11-14-6-7-15-11)17-10(9)13-5-2/h6-7H,4-5H2,1-3H3,(H,14,15)(H,13,16,17). The second-order valence-corrected chi connectivity index (χ2v) is 3.78. The summed E-state index contributed by atoms with van der Waals surface area (Å²) in [6, 6.07) is 0. The van der Waals surface area contributed by atoms with Gasteiger partial charge in [0.2, 0.25) is 0 Å². The Kier molecular flexibility index (Phi) is 3.37. The zero-order chi connectivity index (χ0) is 12.3. The highest BCUT2D eigenvalue weighted by Crippen LogP contribution is 2.20. The molecule has 5 nitrogen and oxygen atoms in total. The van der Waals surface area contributed by atoms with E-state index in [9.17, 15) is 0 Å². The molecular formula is C12H17N5. The van der Waals surface area contributed by atoms with Crippen LogP contribution in [0.4, 0.5) is 5.82 Å². The number of H-pyrrole nitrogens is 1. The quantitative estimate of drug-likeness (QED) is 0.846. The maximum Gasteiger partial charge on any atom is 0.197 e. The van der Waals surface area contributed by atoms with Crippen LogP contribution in [0.2, 0.25) is 0 Å². The largest absolute Gasteiger partial charge is 0.370 e. The first-order valence-electron chi connectivity index (χ1n) is 5.87. The lowest BCUT2D eigenvalue weighted by Gasteiger charge is -2.11. The number of nitrogens with one attached hydrogen (secondary N) is 2. The van der Waals surface area contributed by atoms with Gasteiger partial charge in [0.15, 0.2) is 11.6 Å². The molecule has 0 aliphatic carbocycles.